The number of para-hydroxylation sites is 2. The quantitative estimate of drug-likeness (QED) is 0.369. The molecule has 5 rings (SSSR count). The minimum atomic E-state index is -0.449. The van der Waals surface area contributed by atoms with Crippen molar-refractivity contribution in [2.45, 2.75) is 0 Å². The molecule has 1 amide bonds. The lowest BCUT2D eigenvalue weighted by atomic mass is 10.2. The van der Waals surface area contributed by atoms with Crippen molar-refractivity contribution in [1.82, 2.24) is 9.38 Å². The predicted octanol–water partition coefficient (Wildman–Crippen LogP) is 4.28. The van der Waals surface area contributed by atoms with E-state index in [4.69, 9.17) is 21.1 Å². The van der Waals surface area contributed by atoms with Crippen molar-refractivity contribution in [3.05, 3.63) is 92.0 Å². The van der Waals surface area contributed by atoms with E-state index in [2.05, 4.69) is 10.3 Å². The number of methoxy groups -OCH3 is 1. The lowest BCUT2D eigenvalue weighted by Crippen LogP contribution is -2.22. The van der Waals surface area contributed by atoms with E-state index in [9.17, 15) is 14.0 Å². The molecule has 0 aliphatic carbocycles. The molecule has 176 valence electrons. The van der Waals surface area contributed by atoms with Crippen LogP contribution in [0.4, 0.5) is 10.1 Å². The van der Waals surface area contributed by atoms with E-state index in [1.165, 1.54) is 42.7 Å². The third kappa shape index (κ3) is 4.55. The maximum atomic E-state index is 13.0. The summed E-state index contributed by atoms with van der Waals surface area (Å²) in [6.45, 7) is -0.337. The number of carbonyl (C=O) groups excluding carboxylic acids is 1. The fourth-order valence-electron chi connectivity index (χ4n) is 3.59. The van der Waals surface area contributed by atoms with E-state index in [1.807, 2.05) is 24.3 Å². The van der Waals surface area contributed by atoms with Gasteiger partial charge >= 0.3 is 0 Å². The average molecular weight is 510 g/mol. The molecule has 2 heterocycles. The highest BCUT2D eigenvalue weighted by Crippen LogP contribution is 2.36. The van der Waals surface area contributed by atoms with Gasteiger partial charge in [-0.2, -0.15) is 0 Å². The van der Waals surface area contributed by atoms with Gasteiger partial charge in [-0.25, -0.2) is 13.8 Å². The monoisotopic (exact) mass is 509 g/mol. The van der Waals surface area contributed by atoms with Crippen LogP contribution < -0.4 is 24.9 Å². The predicted molar refractivity (Wildman–Crippen MR) is 134 cm³/mol. The number of rotatable bonds is 6. The summed E-state index contributed by atoms with van der Waals surface area (Å²) in [7, 11) is 1.45. The SMILES string of the molecule is COc1cc(/C=c2\sc3nc4ccccc4n3c2=O)cc(Cl)c1OCC(=O)Nc1ccc(F)cc1. The van der Waals surface area contributed by atoms with Crippen LogP contribution in [0.1, 0.15) is 5.56 Å². The number of hydrogen-bond donors (Lipinski definition) is 1. The van der Waals surface area contributed by atoms with Crippen LogP contribution in [-0.2, 0) is 4.79 Å². The molecule has 0 bridgehead atoms. The van der Waals surface area contributed by atoms with Gasteiger partial charge in [0.2, 0.25) is 0 Å². The van der Waals surface area contributed by atoms with E-state index in [1.54, 1.807) is 22.6 Å². The molecule has 5 aromatic rings. The van der Waals surface area contributed by atoms with Crippen LogP contribution in [0.25, 0.3) is 22.1 Å². The van der Waals surface area contributed by atoms with Gasteiger partial charge in [0.15, 0.2) is 23.1 Å². The zero-order valence-electron chi connectivity index (χ0n) is 18.2. The number of aromatic nitrogens is 2. The van der Waals surface area contributed by atoms with Crippen LogP contribution in [0, 0.1) is 5.82 Å². The summed E-state index contributed by atoms with van der Waals surface area (Å²) >= 11 is 7.70. The highest BCUT2D eigenvalue weighted by atomic mass is 35.5. The van der Waals surface area contributed by atoms with Gasteiger partial charge in [-0.1, -0.05) is 35.1 Å². The third-order valence-electron chi connectivity index (χ3n) is 5.17. The standard InChI is InChI=1S/C25H17ClFN3O4S/c1-33-20-11-14(12-21-24(32)30-19-5-3-2-4-18(19)29-25(30)35-21)10-17(26)23(20)34-13-22(31)28-16-8-6-15(27)7-9-16/h2-12H,13H2,1H3,(H,28,31)/b21-12-. The topological polar surface area (TPSA) is 81.9 Å². The maximum Gasteiger partial charge on any atom is 0.274 e. The van der Waals surface area contributed by atoms with E-state index in [0.717, 1.165) is 11.0 Å². The molecule has 0 fully saturated rings. The first kappa shape index (κ1) is 22.8. The summed E-state index contributed by atoms with van der Waals surface area (Å²) in [5.74, 6) is -0.357. The molecular weight excluding hydrogens is 493 g/mol. The van der Waals surface area contributed by atoms with Gasteiger partial charge in [-0.3, -0.25) is 9.59 Å². The molecule has 0 unspecified atom stereocenters. The van der Waals surface area contributed by atoms with Crippen molar-refractivity contribution in [1.29, 1.82) is 0 Å². The Hall–Kier alpha value is -3.95. The van der Waals surface area contributed by atoms with Crippen LogP contribution in [0.5, 0.6) is 11.5 Å². The fourth-order valence-corrected chi connectivity index (χ4v) is 4.86. The number of amides is 1. The van der Waals surface area contributed by atoms with Crippen LogP contribution in [0.3, 0.4) is 0 Å². The number of benzene rings is 3. The Bertz CT molecular complexity index is 1680. The maximum absolute atomic E-state index is 13.0. The molecule has 0 spiro atoms. The first-order chi connectivity index (χ1) is 16.9. The number of hydrogen-bond acceptors (Lipinski definition) is 6. The molecule has 0 aliphatic heterocycles. The number of ether oxygens (including phenoxy) is 2. The Kier molecular flexibility index (Phi) is 6.10. The summed E-state index contributed by atoms with van der Waals surface area (Å²) in [5.41, 5.74) is 2.40. The Labute approximate surface area is 207 Å². The minimum absolute atomic E-state index is 0.174. The first-order valence-electron chi connectivity index (χ1n) is 10.4. The molecule has 7 nitrogen and oxygen atoms in total. The Morgan fingerprint density at radius 2 is 1.97 bits per heavy atom. The van der Waals surface area contributed by atoms with Crippen LogP contribution >= 0.6 is 22.9 Å². The van der Waals surface area contributed by atoms with Gasteiger partial charge in [0, 0.05) is 5.69 Å². The lowest BCUT2D eigenvalue weighted by Gasteiger charge is -2.13. The molecule has 2 aromatic heterocycles. The number of imidazole rings is 1. The Morgan fingerprint density at radius 1 is 1.20 bits per heavy atom. The van der Waals surface area contributed by atoms with Crippen molar-refractivity contribution >= 4 is 56.6 Å². The largest absolute Gasteiger partial charge is 0.493 e. The van der Waals surface area contributed by atoms with Crippen LogP contribution in [0.2, 0.25) is 5.02 Å². The van der Waals surface area contributed by atoms with Crippen molar-refractivity contribution in [3.63, 3.8) is 0 Å². The molecule has 35 heavy (non-hydrogen) atoms. The molecule has 0 aliphatic rings. The first-order valence-corrected chi connectivity index (χ1v) is 11.6. The normalized spacial score (nSPS) is 11.8. The van der Waals surface area contributed by atoms with Crippen molar-refractivity contribution in [3.8, 4) is 11.5 Å². The number of carbonyl (C=O) groups is 1. The smallest absolute Gasteiger partial charge is 0.274 e. The van der Waals surface area contributed by atoms with Gasteiger partial charge < -0.3 is 14.8 Å². The fraction of sp³-hybridized carbons (Fsp3) is 0.0800. The molecule has 3 aromatic carbocycles. The summed E-state index contributed by atoms with van der Waals surface area (Å²) in [4.78, 5) is 30.3. The highest BCUT2D eigenvalue weighted by molar-refractivity contribution is 7.15. The molecule has 10 heteroatoms. The summed E-state index contributed by atoms with van der Waals surface area (Å²) in [5, 5.41) is 2.82. The van der Waals surface area contributed by atoms with Crippen molar-refractivity contribution in [2.75, 3.05) is 19.0 Å². The molecule has 1 N–H and O–H groups in total. The zero-order chi connectivity index (χ0) is 24.5. The number of nitrogens with zero attached hydrogens (tertiary/aromatic N) is 2. The molecule has 0 saturated carbocycles. The number of halogens is 2. The van der Waals surface area contributed by atoms with Gasteiger partial charge in [-0.05, 0) is 60.2 Å². The summed E-state index contributed by atoms with van der Waals surface area (Å²) in [6, 6.07) is 16.1. The lowest BCUT2D eigenvalue weighted by molar-refractivity contribution is -0.118. The second kappa shape index (κ2) is 9.36. The minimum Gasteiger partial charge on any atom is -0.493 e. The second-order valence-electron chi connectivity index (χ2n) is 7.51. The molecular formula is C25H17ClFN3O4S. The van der Waals surface area contributed by atoms with E-state index in [-0.39, 0.29) is 22.9 Å². The van der Waals surface area contributed by atoms with Gasteiger partial charge in [0.25, 0.3) is 11.5 Å². The number of anilines is 1. The van der Waals surface area contributed by atoms with Gasteiger partial charge in [-0.15, -0.1) is 0 Å². The van der Waals surface area contributed by atoms with Crippen LogP contribution in [-0.4, -0.2) is 29.0 Å². The number of thiazole rings is 1. The zero-order valence-corrected chi connectivity index (χ0v) is 19.8. The average Bonchev–Trinajstić information content (AvgIpc) is 3.35. The number of fused-ring (bicyclic) bond motifs is 3. The van der Waals surface area contributed by atoms with Gasteiger partial charge in [0.1, 0.15) is 5.82 Å². The Balaban J connectivity index is 1.40. The molecule has 0 radical (unpaired) electrons. The summed E-state index contributed by atoms with van der Waals surface area (Å²) in [6.07, 6.45) is 1.70. The van der Waals surface area contributed by atoms with Gasteiger partial charge in [0.05, 0.1) is 27.7 Å². The third-order valence-corrected chi connectivity index (χ3v) is 6.42. The molecule has 0 atom stereocenters. The van der Waals surface area contributed by atoms with Crippen molar-refractivity contribution < 1.29 is 18.7 Å². The summed E-state index contributed by atoms with van der Waals surface area (Å²) < 4.78 is 26.1. The van der Waals surface area contributed by atoms with Crippen LogP contribution in [0.15, 0.2) is 65.5 Å². The second-order valence-corrected chi connectivity index (χ2v) is 8.93. The van der Waals surface area contributed by atoms with E-state index < -0.39 is 11.7 Å². The highest BCUT2D eigenvalue weighted by Gasteiger charge is 2.15. The Morgan fingerprint density at radius 3 is 2.74 bits per heavy atom. The van der Waals surface area contributed by atoms with Crippen molar-refractivity contribution in [2.24, 2.45) is 0 Å². The van der Waals surface area contributed by atoms with E-state index >= 15 is 0 Å². The molecule has 0 saturated heterocycles. The number of nitrogens with one attached hydrogen (secondary N) is 1. The van der Waals surface area contributed by atoms with E-state index in [0.29, 0.717) is 26.5 Å².